The van der Waals surface area contributed by atoms with E-state index in [2.05, 4.69) is 0 Å². The molecule has 0 aliphatic carbocycles. The molecular formula is C38H64N2O11. The van der Waals surface area contributed by atoms with Gasteiger partial charge in [0.15, 0.2) is 12.4 Å². The number of methoxy groups -OCH3 is 1. The van der Waals surface area contributed by atoms with E-state index in [-0.39, 0.29) is 30.9 Å². The molecule has 0 aromatic heterocycles. The van der Waals surface area contributed by atoms with Crippen LogP contribution >= 0.6 is 0 Å². The number of cyclic esters (lactones) is 1. The van der Waals surface area contributed by atoms with Crippen LogP contribution in [0.4, 0.5) is 0 Å². The second kappa shape index (κ2) is 17.6. The third kappa shape index (κ3) is 10.2. The molecule has 1 aromatic carbocycles. The summed E-state index contributed by atoms with van der Waals surface area (Å²) < 4.78 is 30.2. The summed E-state index contributed by atoms with van der Waals surface area (Å²) in [5.41, 5.74) is -3.07. The lowest BCUT2D eigenvalue weighted by atomic mass is 9.78. The van der Waals surface area contributed by atoms with Crippen molar-refractivity contribution < 1.29 is 53.7 Å². The number of ether oxygens (including phenoxy) is 5. The number of benzene rings is 1. The van der Waals surface area contributed by atoms with Gasteiger partial charge in [-0.05, 0) is 105 Å². The van der Waals surface area contributed by atoms with Gasteiger partial charge in [0.25, 0.3) is 0 Å². The van der Waals surface area contributed by atoms with E-state index < -0.39 is 77.8 Å². The van der Waals surface area contributed by atoms with Gasteiger partial charge in [-0.25, -0.2) is 4.79 Å². The topological polar surface area (TPSA) is 168 Å². The number of hydrogen-bond acceptors (Lipinski definition) is 13. The van der Waals surface area contributed by atoms with E-state index in [1.165, 1.54) is 21.0 Å². The van der Waals surface area contributed by atoms with Crippen LogP contribution in [0.15, 0.2) is 24.3 Å². The number of carbonyl (C=O) groups is 2. The van der Waals surface area contributed by atoms with Crippen LogP contribution in [-0.2, 0) is 23.7 Å². The molecule has 3 rings (SSSR count). The molecule has 2 aliphatic rings. The molecule has 0 unspecified atom stereocenters. The minimum Gasteiger partial charge on any atom is -0.497 e. The van der Waals surface area contributed by atoms with Crippen molar-refractivity contribution in [3.63, 3.8) is 0 Å². The summed E-state index contributed by atoms with van der Waals surface area (Å²) in [7, 11) is 7.12. The Kier molecular flexibility index (Phi) is 14.9. The first-order valence-electron chi connectivity index (χ1n) is 18.2. The first-order chi connectivity index (χ1) is 23.7. The zero-order chi connectivity index (χ0) is 38.6. The van der Waals surface area contributed by atoms with Crippen LogP contribution in [0.3, 0.4) is 0 Å². The normalized spacial score (nSPS) is 40.9. The Balaban J connectivity index is 2.06. The lowest BCUT2D eigenvalue weighted by molar-refractivity contribution is -0.298. The van der Waals surface area contributed by atoms with Crippen molar-refractivity contribution in [1.29, 1.82) is 0 Å². The highest BCUT2D eigenvalue weighted by Gasteiger charge is 2.51. The van der Waals surface area contributed by atoms with Crippen LogP contribution in [0, 0.1) is 17.8 Å². The maximum absolute atomic E-state index is 13.6. The minimum absolute atomic E-state index is 0.160. The number of carbonyl (C=O) groups excluding carboxylic acids is 2. The van der Waals surface area contributed by atoms with Crippen LogP contribution in [0.5, 0.6) is 5.75 Å². The van der Waals surface area contributed by atoms with Gasteiger partial charge >= 0.3 is 11.9 Å². The molecule has 1 aromatic rings. The predicted molar refractivity (Wildman–Crippen MR) is 191 cm³/mol. The summed E-state index contributed by atoms with van der Waals surface area (Å²) in [6.07, 6.45) is -6.24. The lowest BCUT2D eigenvalue weighted by Gasteiger charge is -2.47. The Morgan fingerprint density at radius 1 is 1.06 bits per heavy atom. The summed E-state index contributed by atoms with van der Waals surface area (Å²) in [6.45, 7) is 14.1. The number of rotatable bonds is 7. The molecule has 13 heteroatoms. The Labute approximate surface area is 304 Å². The van der Waals surface area contributed by atoms with Crippen molar-refractivity contribution >= 4 is 11.9 Å². The van der Waals surface area contributed by atoms with Gasteiger partial charge in [0.05, 0.1) is 48.5 Å². The fourth-order valence-corrected chi connectivity index (χ4v) is 7.77. The lowest BCUT2D eigenvalue weighted by Crippen LogP contribution is -2.60. The Bertz CT molecular complexity index is 1270. The number of likely N-dealkylation sites (N-methyl/N-ethyl adjacent to an activating group) is 2. The summed E-state index contributed by atoms with van der Waals surface area (Å²) in [6, 6.07) is 5.69. The van der Waals surface area contributed by atoms with Crippen LogP contribution < -0.4 is 4.74 Å². The van der Waals surface area contributed by atoms with Crippen molar-refractivity contribution in [2.24, 2.45) is 17.8 Å². The zero-order valence-electron chi connectivity index (χ0n) is 32.6. The highest BCUT2D eigenvalue weighted by atomic mass is 16.7. The Hall–Kier alpha value is -2.36. The fraction of sp³-hybridized carbons (Fsp3) is 0.789. The van der Waals surface area contributed by atoms with Gasteiger partial charge in [0, 0.05) is 18.5 Å². The van der Waals surface area contributed by atoms with Gasteiger partial charge in [-0.3, -0.25) is 4.79 Å². The van der Waals surface area contributed by atoms with Gasteiger partial charge in [0.1, 0.15) is 23.6 Å². The standard InChI is InChI=1S/C38H64N2O11/c1-13-29-38(8,46)32(42)25(6)40(11)20-21(2)19-37(7,45)33(23(4)30(41)24(5)34(43)49-29)51-36-31(28(39(9)10)18-22(3)48-36)50-35(44)26-14-16-27(47-12)17-15-26/h14-17,21-25,28-33,36,41-42,45-46H,13,18-20H2,1-12H3/t21-,22-,23+,24-,25-,28+,29-,30+,31-,32-,33-,36+,37-,38-/m1/s1. The molecule has 2 heterocycles. The van der Waals surface area contributed by atoms with Crippen molar-refractivity contribution in [3.05, 3.63) is 29.8 Å². The SMILES string of the molecule is CC[C@H]1OC(=O)[C@H](C)[C@@H](O)[C@H](C)[C@@H](O[C@@H]2O[C@H](C)C[C@H](N(C)C)[C@H]2OC(=O)c2ccc(OC)cc2)[C@](C)(O)C[C@@H](C)CN(C)[C@H](C)[C@@H](O)[C@]1(C)O. The molecule has 0 spiro atoms. The number of esters is 2. The molecule has 2 aliphatic heterocycles. The predicted octanol–water partition coefficient (Wildman–Crippen LogP) is 2.85. The van der Waals surface area contributed by atoms with Crippen LogP contribution in [-0.4, -0.2) is 143 Å². The van der Waals surface area contributed by atoms with E-state index in [0.29, 0.717) is 24.3 Å². The van der Waals surface area contributed by atoms with Gasteiger partial charge in [-0.1, -0.05) is 20.8 Å². The molecule has 2 fully saturated rings. The zero-order valence-corrected chi connectivity index (χ0v) is 32.6. The smallest absolute Gasteiger partial charge is 0.338 e. The monoisotopic (exact) mass is 724 g/mol. The molecule has 292 valence electrons. The van der Waals surface area contributed by atoms with Gasteiger partial charge in [-0.2, -0.15) is 0 Å². The van der Waals surface area contributed by atoms with E-state index >= 15 is 0 Å². The van der Waals surface area contributed by atoms with E-state index in [4.69, 9.17) is 23.7 Å². The third-order valence-electron chi connectivity index (χ3n) is 11.0. The first-order valence-corrected chi connectivity index (χ1v) is 18.2. The molecule has 4 N–H and O–H groups in total. The van der Waals surface area contributed by atoms with E-state index in [1.807, 2.05) is 44.8 Å². The molecule has 14 atom stereocenters. The van der Waals surface area contributed by atoms with E-state index in [1.54, 1.807) is 52.0 Å². The Morgan fingerprint density at radius 3 is 2.22 bits per heavy atom. The van der Waals surface area contributed by atoms with Gasteiger partial charge in [0.2, 0.25) is 0 Å². The summed E-state index contributed by atoms with van der Waals surface area (Å²) in [5, 5.41) is 46.8. The third-order valence-corrected chi connectivity index (χ3v) is 11.0. The number of nitrogens with zero attached hydrogens (tertiary/aromatic N) is 2. The number of aliphatic hydroxyl groups is 4. The average Bonchev–Trinajstić information content (AvgIpc) is 3.07. The molecule has 0 bridgehead atoms. The quantitative estimate of drug-likeness (QED) is 0.304. The molecule has 13 nitrogen and oxygen atoms in total. The largest absolute Gasteiger partial charge is 0.497 e. The average molecular weight is 725 g/mol. The second-order valence-electron chi connectivity index (χ2n) is 15.7. The molecular weight excluding hydrogens is 660 g/mol. The molecule has 0 saturated carbocycles. The molecule has 51 heavy (non-hydrogen) atoms. The van der Waals surface area contributed by atoms with Crippen molar-refractivity contribution in [3.8, 4) is 5.75 Å². The summed E-state index contributed by atoms with van der Waals surface area (Å²) in [4.78, 5) is 30.9. The van der Waals surface area contributed by atoms with Gasteiger partial charge in [-0.15, -0.1) is 0 Å². The summed E-state index contributed by atoms with van der Waals surface area (Å²) in [5.74, 6) is -2.89. The number of hydrogen-bond donors (Lipinski definition) is 4. The highest BCUT2D eigenvalue weighted by molar-refractivity contribution is 5.89. The van der Waals surface area contributed by atoms with Crippen molar-refractivity contribution in [1.82, 2.24) is 9.80 Å². The Morgan fingerprint density at radius 2 is 1.67 bits per heavy atom. The number of aliphatic hydroxyl groups excluding tert-OH is 2. The highest BCUT2D eigenvalue weighted by Crippen LogP contribution is 2.37. The van der Waals surface area contributed by atoms with Gasteiger partial charge < -0.3 is 53.9 Å². The fourth-order valence-electron chi connectivity index (χ4n) is 7.77. The van der Waals surface area contributed by atoms with Crippen molar-refractivity contribution in [2.45, 2.75) is 141 Å². The van der Waals surface area contributed by atoms with Crippen LogP contribution in [0.25, 0.3) is 0 Å². The molecule has 2 saturated heterocycles. The molecule has 0 amide bonds. The van der Waals surface area contributed by atoms with E-state index in [0.717, 1.165) is 0 Å². The maximum Gasteiger partial charge on any atom is 0.338 e. The van der Waals surface area contributed by atoms with Crippen LogP contribution in [0.1, 0.15) is 85.0 Å². The van der Waals surface area contributed by atoms with Crippen LogP contribution in [0.2, 0.25) is 0 Å². The molecule has 0 radical (unpaired) electrons. The maximum atomic E-state index is 13.6. The first kappa shape index (κ1) is 43.0. The minimum atomic E-state index is -1.79. The summed E-state index contributed by atoms with van der Waals surface area (Å²) >= 11 is 0. The second-order valence-corrected chi connectivity index (χ2v) is 15.7. The van der Waals surface area contributed by atoms with E-state index in [9.17, 15) is 30.0 Å². The van der Waals surface area contributed by atoms with Crippen molar-refractivity contribution in [2.75, 3.05) is 34.8 Å².